The smallest absolute Gasteiger partial charge is 0.241 e. The lowest BCUT2D eigenvalue weighted by atomic mass is 10.1. The molecule has 0 bridgehead atoms. The molecule has 108 valence electrons. The lowest BCUT2D eigenvalue weighted by molar-refractivity contribution is 0.274. The van der Waals surface area contributed by atoms with Gasteiger partial charge in [-0.1, -0.05) is 6.07 Å². The number of nitrogens with two attached hydrogens (primary N) is 1. The summed E-state index contributed by atoms with van der Waals surface area (Å²) in [6, 6.07) is 3.43. The van der Waals surface area contributed by atoms with Crippen molar-refractivity contribution in [1.82, 2.24) is 4.90 Å². The number of hydrogen-bond acceptors (Lipinski definition) is 4. The SMILES string of the molecule is Cc1cc(C)c(OCCCN(C)C)c(S(N)(=O)=O)c1. The van der Waals surface area contributed by atoms with Crippen LogP contribution in [0.5, 0.6) is 5.75 Å². The molecule has 0 heterocycles. The largest absolute Gasteiger partial charge is 0.492 e. The van der Waals surface area contributed by atoms with Gasteiger partial charge in [0, 0.05) is 6.54 Å². The van der Waals surface area contributed by atoms with Crippen LogP contribution in [0.25, 0.3) is 0 Å². The van der Waals surface area contributed by atoms with Gasteiger partial charge in [0.1, 0.15) is 10.6 Å². The number of aryl methyl sites for hydroxylation is 2. The minimum Gasteiger partial charge on any atom is -0.492 e. The predicted octanol–water partition coefficient (Wildman–Crippen LogP) is 1.28. The third-order valence-electron chi connectivity index (χ3n) is 2.69. The summed E-state index contributed by atoms with van der Waals surface area (Å²) in [5.41, 5.74) is 1.64. The predicted molar refractivity (Wildman–Crippen MR) is 76.0 cm³/mol. The molecule has 19 heavy (non-hydrogen) atoms. The highest BCUT2D eigenvalue weighted by Gasteiger charge is 2.18. The molecule has 1 aromatic carbocycles. The molecule has 1 rings (SSSR count). The van der Waals surface area contributed by atoms with E-state index in [1.807, 2.05) is 38.9 Å². The summed E-state index contributed by atoms with van der Waals surface area (Å²) in [4.78, 5) is 2.11. The van der Waals surface area contributed by atoms with Crippen molar-refractivity contribution >= 4 is 10.0 Å². The zero-order valence-corrected chi connectivity index (χ0v) is 12.8. The Labute approximate surface area is 115 Å². The monoisotopic (exact) mass is 286 g/mol. The number of rotatable bonds is 6. The van der Waals surface area contributed by atoms with Gasteiger partial charge in [0.05, 0.1) is 6.61 Å². The summed E-state index contributed by atoms with van der Waals surface area (Å²) in [6.45, 7) is 5.00. The first kappa shape index (κ1) is 15.9. The average molecular weight is 286 g/mol. The summed E-state index contributed by atoms with van der Waals surface area (Å²) >= 11 is 0. The maximum atomic E-state index is 11.6. The Bertz CT molecular complexity index is 539. The molecular formula is C13H22N2O3S. The highest BCUT2D eigenvalue weighted by molar-refractivity contribution is 7.89. The number of nitrogens with zero attached hydrogens (tertiary/aromatic N) is 1. The van der Waals surface area contributed by atoms with Gasteiger partial charge in [0.25, 0.3) is 0 Å². The topological polar surface area (TPSA) is 72.6 Å². The van der Waals surface area contributed by atoms with Crippen LogP contribution < -0.4 is 9.88 Å². The van der Waals surface area contributed by atoms with Gasteiger partial charge in [0.15, 0.2) is 0 Å². The number of hydrogen-bond donors (Lipinski definition) is 1. The van der Waals surface area contributed by atoms with Crippen molar-refractivity contribution in [3.05, 3.63) is 23.3 Å². The first-order valence-corrected chi connectivity index (χ1v) is 7.68. The first-order chi connectivity index (χ1) is 8.71. The Kier molecular flexibility index (Phi) is 5.34. The lowest BCUT2D eigenvalue weighted by Gasteiger charge is -2.15. The molecule has 5 nitrogen and oxygen atoms in total. The van der Waals surface area contributed by atoms with E-state index in [0.717, 1.165) is 24.1 Å². The van der Waals surface area contributed by atoms with Gasteiger partial charge in [-0.15, -0.1) is 0 Å². The third-order valence-corrected chi connectivity index (χ3v) is 3.60. The molecule has 0 aliphatic rings. The fourth-order valence-corrected chi connectivity index (χ4v) is 2.70. The van der Waals surface area contributed by atoms with E-state index in [2.05, 4.69) is 0 Å². The minimum atomic E-state index is -3.77. The van der Waals surface area contributed by atoms with Gasteiger partial charge >= 0.3 is 0 Å². The van der Waals surface area contributed by atoms with Crippen LogP contribution in [0.3, 0.4) is 0 Å². The molecule has 0 saturated heterocycles. The van der Waals surface area contributed by atoms with Gasteiger partial charge < -0.3 is 9.64 Å². The molecule has 2 N–H and O–H groups in total. The van der Waals surface area contributed by atoms with Gasteiger partial charge in [-0.2, -0.15) is 0 Å². The lowest BCUT2D eigenvalue weighted by Crippen LogP contribution is -2.18. The van der Waals surface area contributed by atoms with E-state index in [1.165, 1.54) is 0 Å². The first-order valence-electron chi connectivity index (χ1n) is 6.13. The van der Waals surface area contributed by atoms with Crippen LogP contribution in [-0.4, -0.2) is 40.6 Å². The van der Waals surface area contributed by atoms with Crippen LogP contribution in [-0.2, 0) is 10.0 Å². The molecule has 6 heteroatoms. The van der Waals surface area contributed by atoms with Crippen molar-refractivity contribution in [2.45, 2.75) is 25.2 Å². The highest BCUT2D eigenvalue weighted by atomic mass is 32.2. The molecule has 0 spiro atoms. The molecule has 0 saturated carbocycles. The second kappa shape index (κ2) is 6.36. The summed E-state index contributed by atoms with van der Waals surface area (Å²) in [5.74, 6) is 0.367. The number of ether oxygens (including phenoxy) is 1. The van der Waals surface area contributed by atoms with E-state index in [4.69, 9.17) is 9.88 Å². The van der Waals surface area contributed by atoms with Crippen molar-refractivity contribution in [3.63, 3.8) is 0 Å². The van der Waals surface area contributed by atoms with Crippen LogP contribution in [0.2, 0.25) is 0 Å². The normalized spacial score (nSPS) is 11.9. The number of sulfonamides is 1. The van der Waals surface area contributed by atoms with Crippen molar-refractivity contribution < 1.29 is 13.2 Å². The van der Waals surface area contributed by atoms with Crippen LogP contribution in [0.15, 0.2) is 17.0 Å². The highest BCUT2D eigenvalue weighted by Crippen LogP contribution is 2.28. The van der Waals surface area contributed by atoms with Crippen LogP contribution in [0.1, 0.15) is 17.5 Å². The van der Waals surface area contributed by atoms with Gasteiger partial charge in [0.2, 0.25) is 10.0 Å². The molecule has 0 fully saturated rings. The molecule has 0 unspecified atom stereocenters. The van der Waals surface area contributed by atoms with Crippen molar-refractivity contribution in [3.8, 4) is 5.75 Å². The minimum absolute atomic E-state index is 0.0647. The summed E-state index contributed by atoms with van der Waals surface area (Å²) in [5, 5.41) is 5.23. The average Bonchev–Trinajstić information content (AvgIpc) is 2.24. The second-order valence-corrected chi connectivity index (χ2v) is 6.49. The van der Waals surface area contributed by atoms with Crippen molar-refractivity contribution in [2.75, 3.05) is 27.2 Å². The molecule has 0 aromatic heterocycles. The summed E-state index contributed by atoms with van der Waals surface area (Å²) in [7, 11) is 0.191. The molecule has 1 aromatic rings. The molecule has 0 radical (unpaired) electrons. The zero-order valence-electron chi connectivity index (χ0n) is 11.9. The van der Waals surface area contributed by atoms with Crippen LogP contribution in [0, 0.1) is 13.8 Å². The fraction of sp³-hybridized carbons (Fsp3) is 0.538. The molecule has 0 atom stereocenters. The van der Waals surface area contributed by atoms with Gasteiger partial charge in [-0.05, 0) is 51.6 Å². The maximum Gasteiger partial charge on any atom is 0.241 e. The van der Waals surface area contributed by atoms with E-state index in [0.29, 0.717) is 12.4 Å². The molecule has 0 aliphatic heterocycles. The van der Waals surface area contributed by atoms with E-state index in [9.17, 15) is 8.42 Å². The van der Waals surface area contributed by atoms with E-state index >= 15 is 0 Å². The van der Waals surface area contributed by atoms with Crippen LogP contribution >= 0.6 is 0 Å². The number of primary sulfonamides is 1. The van der Waals surface area contributed by atoms with E-state index in [-0.39, 0.29) is 4.90 Å². The van der Waals surface area contributed by atoms with Gasteiger partial charge in [-0.25, -0.2) is 13.6 Å². The quantitative estimate of drug-likeness (QED) is 0.800. The molecule has 0 amide bonds. The second-order valence-electron chi connectivity index (χ2n) is 4.96. The fourth-order valence-electron chi connectivity index (χ4n) is 1.87. The number of benzene rings is 1. The Hall–Kier alpha value is -1.11. The summed E-state index contributed by atoms with van der Waals surface area (Å²) < 4.78 is 28.8. The molecular weight excluding hydrogens is 264 g/mol. The Morgan fingerprint density at radius 2 is 1.89 bits per heavy atom. The summed E-state index contributed by atoms with van der Waals surface area (Å²) in [6.07, 6.45) is 0.824. The maximum absolute atomic E-state index is 11.6. The Balaban J connectivity index is 2.93. The Morgan fingerprint density at radius 3 is 2.42 bits per heavy atom. The van der Waals surface area contributed by atoms with E-state index < -0.39 is 10.0 Å². The third kappa shape index (κ3) is 4.81. The molecule has 0 aliphatic carbocycles. The van der Waals surface area contributed by atoms with Gasteiger partial charge in [-0.3, -0.25) is 0 Å². The standard InChI is InChI=1S/C13H22N2O3S/c1-10-8-11(2)13(12(9-10)19(14,16)17)18-7-5-6-15(3)4/h8-9H,5-7H2,1-4H3,(H2,14,16,17). The van der Waals surface area contributed by atoms with E-state index in [1.54, 1.807) is 6.07 Å². The van der Waals surface area contributed by atoms with Crippen molar-refractivity contribution in [2.24, 2.45) is 5.14 Å². The van der Waals surface area contributed by atoms with Crippen molar-refractivity contribution in [1.29, 1.82) is 0 Å². The van der Waals surface area contributed by atoms with Crippen LogP contribution in [0.4, 0.5) is 0 Å². The Morgan fingerprint density at radius 1 is 1.26 bits per heavy atom. The zero-order chi connectivity index (χ0) is 14.6.